The summed E-state index contributed by atoms with van der Waals surface area (Å²) in [6, 6.07) is 13.6. The van der Waals surface area contributed by atoms with Crippen LogP contribution >= 0.6 is 0 Å². The average molecular weight is 487 g/mol. The van der Waals surface area contributed by atoms with Crippen LogP contribution in [0.2, 0.25) is 0 Å². The molecular formula is C24H26N2O7S. The smallest absolute Gasteiger partial charge is 0.276 e. The van der Waals surface area contributed by atoms with Gasteiger partial charge in [0.2, 0.25) is 0 Å². The fraction of sp³-hybridized carbons (Fsp3) is 0.333. The van der Waals surface area contributed by atoms with Crippen LogP contribution in [-0.4, -0.2) is 63.3 Å². The van der Waals surface area contributed by atoms with Crippen LogP contribution in [0.15, 0.2) is 53.1 Å². The Morgan fingerprint density at radius 2 is 1.76 bits per heavy atom. The van der Waals surface area contributed by atoms with Crippen LogP contribution < -0.4 is 14.2 Å². The second-order valence-corrected chi connectivity index (χ2v) is 10.2. The molecular weight excluding hydrogens is 460 g/mol. The molecule has 2 aromatic carbocycles. The maximum atomic E-state index is 13.5. The Morgan fingerprint density at radius 1 is 1.03 bits per heavy atom. The Morgan fingerprint density at radius 3 is 2.38 bits per heavy atom. The summed E-state index contributed by atoms with van der Waals surface area (Å²) in [5, 5.41) is 3.97. The lowest BCUT2D eigenvalue weighted by molar-refractivity contribution is 0.0670. The zero-order valence-electron chi connectivity index (χ0n) is 19.2. The molecule has 1 atom stereocenters. The van der Waals surface area contributed by atoms with E-state index in [1.165, 1.54) is 7.11 Å². The average Bonchev–Trinajstić information content (AvgIpc) is 3.48. The molecule has 4 rings (SSSR count). The maximum absolute atomic E-state index is 13.5. The molecule has 1 aliphatic rings. The Labute approximate surface area is 198 Å². The molecule has 2 heterocycles. The molecule has 9 nitrogen and oxygen atoms in total. The quantitative estimate of drug-likeness (QED) is 0.478. The van der Waals surface area contributed by atoms with Gasteiger partial charge in [-0.05, 0) is 48.4 Å². The summed E-state index contributed by atoms with van der Waals surface area (Å²) in [6.45, 7) is 0.185. The van der Waals surface area contributed by atoms with Crippen molar-refractivity contribution in [3.05, 3.63) is 59.8 Å². The SMILES string of the molecule is COc1ccc(-c2cc(C(=O)N(Cc3ccc(OC)c(OC)c3)C3CCS(=O)(=O)C3)no2)cc1. The summed E-state index contributed by atoms with van der Waals surface area (Å²) >= 11 is 0. The number of aromatic nitrogens is 1. The lowest BCUT2D eigenvalue weighted by Crippen LogP contribution is -2.40. The van der Waals surface area contributed by atoms with Crippen LogP contribution in [0.5, 0.6) is 17.2 Å². The van der Waals surface area contributed by atoms with Crippen molar-refractivity contribution in [2.24, 2.45) is 0 Å². The van der Waals surface area contributed by atoms with Gasteiger partial charge >= 0.3 is 0 Å². The van der Waals surface area contributed by atoms with E-state index in [2.05, 4.69) is 5.16 Å². The number of benzene rings is 2. The van der Waals surface area contributed by atoms with Crippen molar-refractivity contribution in [2.75, 3.05) is 32.8 Å². The minimum Gasteiger partial charge on any atom is -0.497 e. The zero-order chi connectivity index (χ0) is 24.3. The first kappa shape index (κ1) is 23.6. The first-order valence-electron chi connectivity index (χ1n) is 10.7. The highest BCUT2D eigenvalue weighted by Crippen LogP contribution is 2.30. The third-order valence-electron chi connectivity index (χ3n) is 5.81. The van der Waals surface area contributed by atoms with E-state index < -0.39 is 21.8 Å². The molecule has 10 heteroatoms. The second-order valence-electron chi connectivity index (χ2n) is 7.98. The van der Waals surface area contributed by atoms with Gasteiger partial charge in [0.15, 0.2) is 32.8 Å². The Bertz CT molecular complexity index is 1270. The summed E-state index contributed by atoms with van der Waals surface area (Å²) < 4.78 is 45.6. The van der Waals surface area contributed by atoms with Gasteiger partial charge < -0.3 is 23.6 Å². The van der Waals surface area contributed by atoms with Gasteiger partial charge in [0.25, 0.3) is 5.91 Å². The van der Waals surface area contributed by atoms with E-state index in [0.29, 0.717) is 29.4 Å². The van der Waals surface area contributed by atoms with Gasteiger partial charge in [0.05, 0.1) is 32.8 Å². The molecule has 0 saturated carbocycles. The maximum Gasteiger partial charge on any atom is 0.276 e. The van der Waals surface area contributed by atoms with Crippen molar-refractivity contribution < 1.29 is 31.9 Å². The van der Waals surface area contributed by atoms with Crippen molar-refractivity contribution in [3.63, 3.8) is 0 Å². The third kappa shape index (κ3) is 5.01. The van der Waals surface area contributed by atoms with E-state index in [1.807, 2.05) is 6.07 Å². The van der Waals surface area contributed by atoms with Gasteiger partial charge in [0, 0.05) is 24.2 Å². The number of methoxy groups -OCH3 is 3. The van der Waals surface area contributed by atoms with E-state index >= 15 is 0 Å². The predicted molar refractivity (Wildman–Crippen MR) is 125 cm³/mol. The number of ether oxygens (including phenoxy) is 3. The summed E-state index contributed by atoms with van der Waals surface area (Å²) in [5.74, 6) is 1.76. The van der Waals surface area contributed by atoms with Crippen LogP contribution in [0.25, 0.3) is 11.3 Å². The van der Waals surface area contributed by atoms with E-state index in [1.54, 1.807) is 61.6 Å². The molecule has 1 amide bonds. The zero-order valence-corrected chi connectivity index (χ0v) is 20.0. The predicted octanol–water partition coefficient (Wildman–Crippen LogP) is 3.20. The minimum atomic E-state index is -3.21. The first-order chi connectivity index (χ1) is 16.3. The standard InChI is InChI=1S/C24H26N2O7S/c1-30-19-7-5-17(6-8-19)22-13-20(25-33-22)24(27)26(18-10-11-34(28,29)15-18)14-16-4-9-21(31-2)23(12-16)32-3/h4-9,12-13,18H,10-11,14-15H2,1-3H3. The van der Waals surface area contributed by atoms with Gasteiger partial charge in [-0.3, -0.25) is 4.79 Å². The van der Waals surface area contributed by atoms with Crippen LogP contribution in [0.1, 0.15) is 22.5 Å². The van der Waals surface area contributed by atoms with E-state index in [9.17, 15) is 13.2 Å². The van der Waals surface area contributed by atoms with Crippen molar-refractivity contribution in [1.82, 2.24) is 10.1 Å². The third-order valence-corrected chi connectivity index (χ3v) is 7.57. The second kappa shape index (κ2) is 9.76. The summed E-state index contributed by atoms with van der Waals surface area (Å²) in [6.07, 6.45) is 0.366. The number of carbonyl (C=O) groups is 1. The van der Waals surface area contributed by atoms with Crippen LogP contribution in [0.4, 0.5) is 0 Å². The van der Waals surface area contributed by atoms with Crippen LogP contribution in [0, 0.1) is 0 Å². The molecule has 0 radical (unpaired) electrons. The number of amides is 1. The number of hydrogen-bond acceptors (Lipinski definition) is 8. The highest BCUT2D eigenvalue weighted by molar-refractivity contribution is 7.91. The Balaban J connectivity index is 1.62. The minimum absolute atomic E-state index is 0.0449. The van der Waals surface area contributed by atoms with Crippen molar-refractivity contribution in [3.8, 4) is 28.6 Å². The number of carbonyl (C=O) groups excluding carboxylic acids is 1. The molecule has 1 unspecified atom stereocenters. The van der Waals surface area contributed by atoms with Crippen molar-refractivity contribution in [2.45, 2.75) is 19.0 Å². The molecule has 1 saturated heterocycles. The van der Waals surface area contributed by atoms with E-state index in [-0.39, 0.29) is 23.7 Å². The fourth-order valence-electron chi connectivity index (χ4n) is 3.98. The topological polar surface area (TPSA) is 108 Å². The van der Waals surface area contributed by atoms with Gasteiger partial charge in [-0.15, -0.1) is 0 Å². The first-order valence-corrected chi connectivity index (χ1v) is 12.5. The normalized spacial score (nSPS) is 16.7. The molecule has 34 heavy (non-hydrogen) atoms. The molecule has 3 aromatic rings. The molecule has 1 aliphatic heterocycles. The number of nitrogens with zero attached hydrogens (tertiary/aromatic N) is 2. The molecule has 180 valence electrons. The summed E-state index contributed by atoms with van der Waals surface area (Å²) in [5.41, 5.74) is 1.62. The van der Waals surface area contributed by atoms with Crippen LogP contribution in [-0.2, 0) is 16.4 Å². The molecule has 0 aliphatic carbocycles. The molecule has 1 aromatic heterocycles. The molecule has 1 fully saturated rings. The molecule has 0 bridgehead atoms. The lowest BCUT2D eigenvalue weighted by Gasteiger charge is -2.27. The van der Waals surface area contributed by atoms with Crippen molar-refractivity contribution in [1.29, 1.82) is 0 Å². The highest BCUT2D eigenvalue weighted by Gasteiger charge is 2.36. The molecule has 0 N–H and O–H groups in total. The number of rotatable bonds is 8. The largest absolute Gasteiger partial charge is 0.497 e. The van der Waals surface area contributed by atoms with E-state index in [4.69, 9.17) is 18.7 Å². The van der Waals surface area contributed by atoms with Gasteiger partial charge in [-0.1, -0.05) is 11.2 Å². The van der Waals surface area contributed by atoms with Gasteiger partial charge in [-0.25, -0.2) is 8.42 Å². The summed E-state index contributed by atoms with van der Waals surface area (Å²) in [7, 11) is 1.44. The van der Waals surface area contributed by atoms with Crippen LogP contribution in [0.3, 0.4) is 0 Å². The number of sulfone groups is 1. The number of hydrogen-bond donors (Lipinski definition) is 0. The monoisotopic (exact) mass is 486 g/mol. The lowest BCUT2D eigenvalue weighted by atomic mass is 10.1. The highest BCUT2D eigenvalue weighted by atomic mass is 32.2. The molecule has 0 spiro atoms. The Hall–Kier alpha value is -3.53. The van der Waals surface area contributed by atoms with E-state index in [0.717, 1.165) is 11.1 Å². The van der Waals surface area contributed by atoms with Gasteiger partial charge in [0.1, 0.15) is 5.75 Å². The van der Waals surface area contributed by atoms with Crippen molar-refractivity contribution >= 4 is 15.7 Å². The summed E-state index contributed by atoms with van der Waals surface area (Å²) in [4.78, 5) is 15.0. The van der Waals surface area contributed by atoms with Gasteiger partial charge in [-0.2, -0.15) is 0 Å². The Kier molecular flexibility index (Phi) is 6.78. The fourth-order valence-corrected chi connectivity index (χ4v) is 5.71.